The number of ether oxygens (including phenoxy) is 1. The molecule has 1 aliphatic carbocycles. The molecule has 38 heavy (non-hydrogen) atoms. The number of nitriles is 1. The Kier molecular flexibility index (Phi) is 8.19. The van der Waals surface area contributed by atoms with Crippen molar-refractivity contribution >= 4 is 34.9 Å². The van der Waals surface area contributed by atoms with Gasteiger partial charge in [-0.15, -0.1) is 22.6 Å². The van der Waals surface area contributed by atoms with Gasteiger partial charge in [0.2, 0.25) is 0 Å². The number of aromatic nitrogens is 5. The summed E-state index contributed by atoms with van der Waals surface area (Å²) in [5, 5.41) is 32.1. The molecule has 4 aromatic rings. The molecule has 0 amide bonds. The molecule has 4 aromatic heterocycles. The van der Waals surface area contributed by atoms with E-state index in [1.54, 1.807) is 17.5 Å². The molecule has 2 N–H and O–H groups in total. The van der Waals surface area contributed by atoms with Crippen molar-refractivity contribution in [3.05, 3.63) is 47.2 Å². The van der Waals surface area contributed by atoms with Crippen LogP contribution >= 0.6 is 23.7 Å². The van der Waals surface area contributed by atoms with Crippen molar-refractivity contribution < 1.29 is 4.74 Å². The number of nitrogens with one attached hydrogen (secondary N) is 2. The van der Waals surface area contributed by atoms with E-state index in [0.29, 0.717) is 23.6 Å². The molecule has 5 heterocycles. The summed E-state index contributed by atoms with van der Waals surface area (Å²) in [5.74, 6) is 0.478. The van der Waals surface area contributed by atoms with E-state index in [1.807, 2.05) is 36.0 Å². The second-order valence-corrected chi connectivity index (χ2v) is 10.8. The second kappa shape index (κ2) is 11.7. The summed E-state index contributed by atoms with van der Waals surface area (Å²) in [4.78, 5) is 4.83. The third kappa shape index (κ3) is 5.38. The summed E-state index contributed by atoms with van der Waals surface area (Å²) >= 11 is 1.69. The van der Waals surface area contributed by atoms with E-state index in [0.717, 1.165) is 77.1 Å². The number of pyridine rings is 1. The fraction of sp³-hybridized carbons (Fsp3) is 0.444. The lowest BCUT2D eigenvalue weighted by atomic mass is 9.86. The van der Waals surface area contributed by atoms with Crippen LogP contribution in [0.1, 0.15) is 55.0 Å². The van der Waals surface area contributed by atoms with Crippen LogP contribution in [0.15, 0.2) is 36.7 Å². The highest BCUT2D eigenvalue weighted by Crippen LogP contribution is 2.39. The highest BCUT2D eigenvalue weighted by atomic mass is 35.5. The molecule has 0 aromatic carbocycles. The predicted molar refractivity (Wildman–Crippen MR) is 151 cm³/mol. The lowest BCUT2D eigenvalue weighted by molar-refractivity contribution is 0.0904. The van der Waals surface area contributed by atoms with Crippen LogP contribution in [0.2, 0.25) is 0 Å². The monoisotopic (exact) mass is 550 g/mol. The largest absolute Gasteiger partial charge is 0.381 e. The Morgan fingerprint density at radius 2 is 1.84 bits per heavy atom. The van der Waals surface area contributed by atoms with E-state index in [1.165, 1.54) is 12.8 Å². The highest BCUT2D eigenvalue weighted by Gasteiger charge is 2.26. The van der Waals surface area contributed by atoms with Gasteiger partial charge in [0, 0.05) is 43.1 Å². The van der Waals surface area contributed by atoms with Crippen LogP contribution in [0.5, 0.6) is 0 Å². The van der Waals surface area contributed by atoms with Crippen LogP contribution in [0.3, 0.4) is 0 Å². The summed E-state index contributed by atoms with van der Waals surface area (Å²) in [6.45, 7) is 1.52. The SMILES string of the molecule is CNC1CCC(c2nnc(-c3cnc(-c4ccc5cc(C#N)cnn45)cc3NC3CCOCC3)s2)CC1.Cl. The fourth-order valence-electron chi connectivity index (χ4n) is 5.34. The van der Waals surface area contributed by atoms with Gasteiger partial charge in [-0.1, -0.05) is 11.3 Å². The summed E-state index contributed by atoms with van der Waals surface area (Å²) in [6.07, 6.45) is 10.1. The van der Waals surface area contributed by atoms with Crippen LogP contribution in [-0.2, 0) is 4.74 Å². The van der Waals surface area contributed by atoms with Crippen molar-refractivity contribution in [2.75, 3.05) is 25.6 Å². The quantitative estimate of drug-likeness (QED) is 0.343. The predicted octanol–water partition coefficient (Wildman–Crippen LogP) is 5.04. The van der Waals surface area contributed by atoms with Crippen molar-refractivity contribution in [3.63, 3.8) is 0 Å². The summed E-state index contributed by atoms with van der Waals surface area (Å²) in [6, 6.07) is 11.0. The molecular weight excluding hydrogens is 520 g/mol. The van der Waals surface area contributed by atoms with Gasteiger partial charge in [-0.2, -0.15) is 10.4 Å². The lowest BCUT2D eigenvalue weighted by Gasteiger charge is -2.26. The molecule has 1 saturated carbocycles. The molecule has 198 valence electrons. The van der Waals surface area contributed by atoms with Crippen molar-refractivity contribution in [2.45, 2.75) is 56.5 Å². The summed E-state index contributed by atoms with van der Waals surface area (Å²) in [7, 11) is 2.05. The van der Waals surface area contributed by atoms with Gasteiger partial charge in [0.25, 0.3) is 0 Å². The zero-order valence-corrected chi connectivity index (χ0v) is 22.9. The Balaban J connectivity index is 0.00000294. The van der Waals surface area contributed by atoms with E-state index < -0.39 is 0 Å². The number of hydrogen-bond acceptors (Lipinski definition) is 9. The minimum atomic E-state index is 0. The maximum atomic E-state index is 9.22. The van der Waals surface area contributed by atoms with Gasteiger partial charge in [-0.05, 0) is 69.8 Å². The molecule has 0 bridgehead atoms. The van der Waals surface area contributed by atoms with Gasteiger partial charge >= 0.3 is 0 Å². The average molecular weight is 551 g/mol. The van der Waals surface area contributed by atoms with E-state index in [4.69, 9.17) is 9.72 Å². The minimum absolute atomic E-state index is 0. The van der Waals surface area contributed by atoms with Crippen LogP contribution < -0.4 is 10.6 Å². The van der Waals surface area contributed by atoms with Gasteiger partial charge in [-0.25, -0.2) is 4.52 Å². The van der Waals surface area contributed by atoms with Crippen molar-refractivity contribution in [1.29, 1.82) is 5.26 Å². The first-order chi connectivity index (χ1) is 18.2. The molecule has 0 atom stereocenters. The normalized spacial score (nSPS) is 20.1. The molecule has 0 radical (unpaired) electrons. The average Bonchev–Trinajstić information content (AvgIpc) is 3.61. The van der Waals surface area contributed by atoms with Crippen LogP contribution in [0.25, 0.3) is 27.5 Å². The molecule has 2 fully saturated rings. The maximum absolute atomic E-state index is 9.22. The van der Waals surface area contributed by atoms with Gasteiger partial charge in [0.15, 0.2) is 5.01 Å². The molecule has 0 unspecified atom stereocenters. The third-order valence-electron chi connectivity index (χ3n) is 7.53. The first-order valence-electron chi connectivity index (χ1n) is 13.0. The zero-order chi connectivity index (χ0) is 25.2. The maximum Gasteiger partial charge on any atom is 0.151 e. The molecular formula is C27H31ClN8OS. The Hall–Kier alpha value is -3.10. The zero-order valence-electron chi connectivity index (χ0n) is 21.3. The molecule has 11 heteroatoms. The summed E-state index contributed by atoms with van der Waals surface area (Å²) < 4.78 is 7.40. The van der Waals surface area contributed by atoms with Crippen LogP contribution in [0, 0.1) is 11.3 Å². The van der Waals surface area contributed by atoms with Crippen molar-refractivity contribution in [1.82, 2.24) is 30.1 Å². The molecule has 0 spiro atoms. The van der Waals surface area contributed by atoms with E-state index in [-0.39, 0.29) is 12.4 Å². The molecule has 1 saturated heterocycles. The van der Waals surface area contributed by atoms with Crippen LogP contribution in [0.4, 0.5) is 5.69 Å². The minimum Gasteiger partial charge on any atom is -0.381 e. The van der Waals surface area contributed by atoms with Crippen LogP contribution in [-0.4, -0.2) is 57.1 Å². The van der Waals surface area contributed by atoms with Gasteiger partial charge < -0.3 is 15.4 Å². The Morgan fingerprint density at radius 1 is 1.03 bits per heavy atom. The van der Waals surface area contributed by atoms with Crippen molar-refractivity contribution in [3.8, 4) is 28.0 Å². The second-order valence-electron chi connectivity index (χ2n) is 9.84. The molecule has 2 aliphatic rings. The topological polar surface area (TPSA) is 113 Å². The number of halogens is 1. The Morgan fingerprint density at radius 3 is 2.61 bits per heavy atom. The third-order valence-corrected chi connectivity index (χ3v) is 8.65. The summed E-state index contributed by atoms with van der Waals surface area (Å²) in [5.41, 5.74) is 5.06. The lowest BCUT2D eigenvalue weighted by Crippen LogP contribution is -2.29. The highest BCUT2D eigenvalue weighted by molar-refractivity contribution is 7.14. The van der Waals surface area contributed by atoms with Gasteiger partial charge in [-0.3, -0.25) is 4.98 Å². The Bertz CT molecular complexity index is 1430. The van der Waals surface area contributed by atoms with E-state index in [2.05, 4.69) is 38.1 Å². The van der Waals surface area contributed by atoms with E-state index in [9.17, 15) is 5.26 Å². The first kappa shape index (κ1) is 26.5. The first-order valence-corrected chi connectivity index (χ1v) is 13.8. The standard InChI is InChI=1S/C27H30N8OS.ClH/c1-29-19-4-2-18(3-5-19)26-33-34-27(37-26)22-16-30-24(13-23(22)32-20-8-10-36-11-9-20)25-7-6-21-12-17(14-28)15-31-35(21)25;/h6-7,12-13,15-16,18-20,29H,2-5,8-11H2,1H3,(H,30,32);1H. The van der Waals surface area contributed by atoms with Gasteiger partial charge in [0.05, 0.1) is 34.2 Å². The molecule has 6 rings (SSSR count). The number of rotatable bonds is 6. The molecule has 9 nitrogen and oxygen atoms in total. The number of nitrogens with zero attached hydrogens (tertiary/aromatic N) is 6. The Labute approximate surface area is 232 Å². The van der Waals surface area contributed by atoms with Gasteiger partial charge in [0.1, 0.15) is 11.1 Å². The number of hydrogen-bond donors (Lipinski definition) is 2. The smallest absolute Gasteiger partial charge is 0.151 e. The fourth-order valence-corrected chi connectivity index (χ4v) is 6.38. The number of anilines is 1. The van der Waals surface area contributed by atoms with E-state index >= 15 is 0 Å². The van der Waals surface area contributed by atoms with Crippen molar-refractivity contribution in [2.24, 2.45) is 0 Å². The number of fused-ring (bicyclic) bond motifs is 1. The molecule has 1 aliphatic heterocycles.